The van der Waals surface area contributed by atoms with E-state index in [0.29, 0.717) is 11.0 Å². The molecule has 9 heteroatoms. The van der Waals surface area contributed by atoms with Gasteiger partial charge in [0.2, 0.25) is 15.9 Å². The Balaban J connectivity index is 2.10. The average Bonchev–Trinajstić information content (AvgIpc) is 3.23. The molecule has 21 heavy (non-hydrogen) atoms. The molecule has 0 radical (unpaired) electrons. The number of nitrogens with one attached hydrogen (secondary N) is 3. The highest BCUT2D eigenvalue weighted by molar-refractivity contribution is 9.10. The van der Waals surface area contributed by atoms with Gasteiger partial charge < -0.3 is 10.6 Å². The van der Waals surface area contributed by atoms with Crippen molar-refractivity contribution in [2.24, 2.45) is 0 Å². The third-order valence-corrected chi connectivity index (χ3v) is 4.67. The lowest BCUT2D eigenvalue weighted by molar-refractivity contribution is -0.120. The molecular weight excluding hydrogens is 360 g/mol. The molecule has 0 saturated heterocycles. The summed E-state index contributed by atoms with van der Waals surface area (Å²) >= 11 is 3.20. The minimum atomic E-state index is -3.81. The zero-order valence-electron chi connectivity index (χ0n) is 11.5. The van der Waals surface area contributed by atoms with Crippen molar-refractivity contribution in [2.75, 3.05) is 18.4 Å². The van der Waals surface area contributed by atoms with E-state index in [1.807, 2.05) is 6.92 Å². The van der Waals surface area contributed by atoms with Gasteiger partial charge in [0.15, 0.2) is 0 Å². The Morgan fingerprint density at radius 3 is 2.81 bits per heavy atom. The number of sulfonamides is 1. The largest absolute Gasteiger partial charge is 0.369 e. The van der Waals surface area contributed by atoms with Crippen LogP contribution in [0, 0.1) is 0 Å². The van der Waals surface area contributed by atoms with Gasteiger partial charge in [0.25, 0.3) is 0 Å². The number of nitrogens with zero attached hydrogens (tertiary/aromatic N) is 1. The minimum Gasteiger partial charge on any atom is -0.369 e. The number of hydrogen-bond donors (Lipinski definition) is 3. The molecule has 1 heterocycles. The molecular formula is C12H17BrN4O3S. The molecule has 1 aliphatic rings. The molecule has 1 fully saturated rings. The molecule has 0 aliphatic heterocycles. The third kappa shape index (κ3) is 4.65. The fraction of sp³-hybridized carbons (Fsp3) is 0.500. The molecule has 0 spiro atoms. The van der Waals surface area contributed by atoms with E-state index in [2.05, 4.69) is 36.3 Å². The summed E-state index contributed by atoms with van der Waals surface area (Å²) in [4.78, 5) is 15.6. The summed E-state index contributed by atoms with van der Waals surface area (Å²) in [6.07, 6.45) is 3.42. The number of halogens is 1. The first-order valence-corrected chi connectivity index (χ1v) is 8.88. The molecule has 1 saturated carbocycles. The number of carbonyl (C=O) groups excluding carboxylic acids is 1. The van der Waals surface area contributed by atoms with Crippen LogP contribution in [-0.4, -0.2) is 38.4 Å². The molecule has 0 atom stereocenters. The second-order valence-corrected chi connectivity index (χ2v) is 7.35. The topological polar surface area (TPSA) is 100 Å². The zero-order valence-corrected chi connectivity index (χ0v) is 13.9. The van der Waals surface area contributed by atoms with Gasteiger partial charge in [-0.25, -0.2) is 18.1 Å². The third-order valence-electron chi connectivity index (χ3n) is 2.82. The van der Waals surface area contributed by atoms with E-state index in [1.165, 1.54) is 12.3 Å². The van der Waals surface area contributed by atoms with Crippen LogP contribution in [-0.2, 0) is 14.8 Å². The van der Waals surface area contributed by atoms with Gasteiger partial charge >= 0.3 is 0 Å². The number of pyridine rings is 1. The van der Waals surface area contributed by atoms with Crippen LogP contribution in [0.2, 0.25) is 0 Å². The van der Waals surface area contributed by atoms with Crippen LogP contribution in [0.15, 0.2) is 21.6 Å². The number of hydrogen-bond acceptors (Lipinski definition) is 5. The van der Waals surface area contributed by atoms with Crippen molar-refractivity contribution in [3.8, 4) is 0 Å². The van der Waals surface area contributed by atoms with Crippen molar-refractivity contribution in [3.63, 3.8) is 0 Å². The summed E-state index contributed by atoms with van der Waals surface area (Å²) in [6.45, 7) is 2.10. The smallest absolute Gasteiger partial charge is 0.244 e. The van der Waals surface area contributed by atoms with Crippen LogP contribution in [0.1, 0.15) is 19.8 Å². The maximum atomic E-state index is 12.3. The maximum absolute atomic E-state index is 12.3. The Morgan fingerprint density at radius 1 is 1.48 bits per heavy atom. The highest BCUT2D eigenvalue weighted by Crippen LogP contribution is 2.22. The normalized spacial score (nSPS) is 14.8. The first kappa shape index (κ1) is 16.2. The van der Waals surface area contributed by atoms with Crippen LogP contribution < -0.4 is 15.4 Å². The van der Waals surface area contributed by atoms with Crippen LogP contribution in [0.5, 0.6) is 0 Å². The standard InChI is InChI=1S/C12H17BrN4O3S/c1-2-14-12-10(5-8(13)6-15-12)21(19,20)16-7-11(18)17-9-3-4-9/h5-6,9,16H,2-4,7H2,1H3,(H,14,15)(H,17,18). The van der Waals surface area contributed by atoms with Crippen molar-refractivity contribution in [1.29, 1.82) is 0 Å². The summed E-state index contributed by atoms with van der Waals surface area (Å²) in [5, 5.41) is 5.61. The Labute approximate surface area is 132 Å². The molecule has 0 bridgehead atoms. The van der Waals surface area contributed by atoms with Crippen molar-refractivity contribution in [3.05, 3.63) is 16.7 Å². The first-order chi connectivity index (χ1) is 9.92. The van der Waals surface area contributed by atoms with Crippen LogP contribution in [0.4, 0.5) is 5.82 Å². The highest BCUT2D eigenvalue weighted by Gasteiger charge is 2.25. The second kappa shape index (κ2) is 6.71. The number of anilines is 1. The summed E-state index contributed by atoms with van der Waals surface area (Å²) in [7, 11) is -3.81. The lowest BCUT2D eigenvalue weighted by atomic mass is 10.4. The summed E-state index contributed by atoms with van der Waals surface area (Å²) in [5.74, 6) is -0.0650. The van der Waals surface area contributed by atoms with Crippen molar-refractivity contribution >= 4 is 37.7 Å². The summed E-state index contributed by atoms with van der Waals surface area (Å²) in [6, 6.07) is 1.65. The Bertz CT molecular complexity index is 631. The van der Waals surface area contributed by atoms with E-state index in [9.17, 15) is 13.2 Å². The van der Waals surface area contributed by atoms with Crippen LogP contribution >= 0.6 is 15.9 Å². The van der Waals surface area contributed by atoms with Crippen LogP contribution in [0.25, 0.3) is 0 Å². The number of amides is 1. The van der Waals surface area contributed by atoms with E-state index >= 15 is 0 Å². The molecule has 0 unspecified atom stereocenters. The minimum absolute atomic E-state index is 0.0120. The highest BCUT2D eigenvalue weighted by atomic mass is 79.9. The second-order valence-electron chi connectivity index (χ2n) is 4.70. The van der Waals surface area contributed by atoms with Gasteiger partial charge in [0.05, 0.1) is 6.54 Å². The van der Waals surface area contributed by atoms with Gasteiger partial charge in [-0.05, 0) is 41.8 Å². The molecule has 1 amide bonds. The molecule has 1 aliphatic carbocycles. The predicted octanol–water partition coefficient (Wildman–Crippen LogP) is 0.833. The van der Waals surface area contributed by atoms with E-state index in [-0.39, 0.29) is 29.2 Å². The first-order valence-electron chi connectivity index (χ1n) is 6.61. The predicted molar refractivity (Wildman–Crippen MR) is 82.5 cm³/mol. The summed E-state index contributed by atoms with van der Waals surface area (Å²) in [5.41, 5.74) is 0. The zero-order chi connectivity index (χ0) is 15.5. The van der Waals surface area contributed by atoms with Crippen molar-refractivity contribution in [2.45, 2.75) is 30.7 Å². The van der Waals surface area contributed by atoms with Crippen molar-refractivity contribution < 1.29 is 13.2 Å². The lowest BCUT2D eigenvalue weighted by Gasteiger charge is -2.12. The fourth-order valence-electron chi connectivity index (χ4n) is 1.67. The van der Waals surface area contributed by atoms with Gasteiger partial charge in [0, 0.05) is 23.3 Å². The molecule has 7 nitrogen and oxygen atoms in total. The molecule has 116 valence electrons. The Kier molecular flexibility index (Phi) is 5.17. The van der Waals surface area contributed by atoms with Gasteiger partial charge in [0.1, 0.15) is 10.7 Å². The van der Waals surface area contributed by atoms with E-state index in [4.69, 9.17) is 0 Å². The molecule has 3 N–H and O–H groups in total. The molecule has 1 aromatic heterocycles. The summed E-state index contributed by atoms with van der Waals surface area (Å²) < 4.78 is 27.4. The van der Waals surface area contributed by atoms with Crippen LogP contribution in [0.3, 0.4) is 0 Å². The van der Waals surface area contributed by atoms with E-state index < -0.39 is 10.0 Å². The monoisotopic (exact) mass is 376 g/mol. The lowest BCUT2D eigenvalue weighted by Crippen LogP contribution is -2.38. The number of rotatable bonds is 7. The maximum Gasteiger partial charge on any atom is 0.244 e. The molecule has 1 aromatic rings. The average molecular weight is 377 g/mol. The quantitative estimate of drug-likeness (QED) is 0.654. The van der Waals surface area contributed by atoms with E-state index in [0.717, 1.165) is 12.8 Å². The number of aromatic nitrogens is 1. The Morgan fingerprint density at radius 2 is 2.19 bits per heavy atom. The van der Waals surface area contributed by atoms with Gasteiger partial charge in [-0.3, -0.25) is 4.79 Å². The molecule has 2 rings (SSSR count). The molecule has 0 aromatic carbocycles. The van der Waals surface area contributed by atoms with Gasteiger partial charge in [-0.15, -0.1) is 0 Å². The SMILES string of the molecule is CCNc1ncc(Br)cc1S(=O)(=O)NCC(=O)NC1CC1. The number of carbonyl (C=O) groups is 1. The van der Waals surface area contributed by atoms with Gasteiger partial charge in [-0.1, -0.05) is 0 Å². The van der Waals surface area contributed by atoms with E-state index in [1.54, 1.807) is 0 Å². The fourth-order valence-corrected chi connectivity index (χ4v) is 3.29. The van der Waals surface area contributed by atoms with Gasteiger partial charge in [-0.2, -0.15) is 0 Å². The Hall–Kier alpha value is -1.19. The van der Waals surface area contributed by atoms with Crippen molar-refractivity contribution in [1.82, 2.24) is 15.0 Å².